The zero-order chi connectivity index (χ0) is 25.7. The number of nitrogens with zero attached hydrogens (tertiary/aromatic N) is 5. The molecule has 1 aliphatic heterocycles. The number of nitro groups is 1. The van der Waals surface area contributed by atoms with Crippen LogP contribution in [0.3, 0.4) is 0 Å². The molecule has 12 heteroatoms. The highest BCUT2D eigenvalue weighted by Gasteiger charge is 2.43. The summed E-state index contributed by atoms with van der Waals surface area (Å²) in [6, 6.07) is 2.34. The first-order valence-corrected chi connectivity index (χ1v) is 11.7. The first-order chi connectivity index (χ1) is 16.3. The van der Waals surface area contributed by atoms with Gasteiger partial charge in [-0.2, -0.15) is 13.2 Å². The number of nitro benzene ring substituents is 1. The molecule has 2 aliphatic rings. The van der Waals surface area contributed by atoms with Crippen LogP contribution in [0.4, 0.5) is 29.3 Å². The molecule has 2 fully saturated rings. The van der Waals surface area contributed by atoms with E-state index in [9.17, 15) is 28.1 Å². The molecule has 9 nitrogen and oxygen atoms in total. The van der Waals surface area contributed by atoms with Crippen molar-refractivity contribution < 1.29 is 27.6 Å². The molecule has 1 atom stereocenters. The average Bonchev–Trinajstić information content (AvgIpc) is 3.50. The summed E-state index contributed by atoms with van der Waals surface area (Å²) in [7, 11) is 1.63. The number of benzene rings is 1. The van der Waals surface area contributed by atoms with Crippen molar-refractivity contribution in [3.8, 4) is 0 Å². The van der Waals surface area contributed by atoms with E-state index in [-0.39, 0.29) is 34.4 Å². The molecule has 2 aromatic rings. The number of piperidine rings is 1. The van der Waals surface area contributed by atoms with Crippen molar-refractivity contribution in [3.05, 3.63) is 28.1 Å². The van der Waals surface area contributed by atoms with E-state index in [0.29, 0.717) is 38.9 Å². The maximum absolute atomic E-state index is 13.8. The zero-order valence-electron chi connectivity index (χ0n) is 20.3. The molecule has 4 rings (SSSR count). The Bertz CT molecular complexity index is 1140. The highest BCUT2D eigenvalue weighted by Crippen LogP contribution is 2.46. The van der Waals surface area contributed by atoms with Crippen LogP contribution in [0.15, 0.2) is 12.1 Å². The van der Waals surface area contributed by atoms with Crippen LogP contribution in [-0.4, -0.2) is 57.8 Å². The zero-order valence-corrected chi connectivity index (χ0v) is 20.3. The largest absolute Gasteiger partial charge is 0.449 e. The van der Waals surface area contributed by atoms with Crippen molar-refractivity contribution in [2.24, 2.45) is 5.92 Å². The van der Waals surface area contributed by atoms with Gasteiger partial charge in [0.1, 0.15) is 16.8 Å². The quantitative estimate of drug-likeness (QED) is 0.407. The van der Waals surface area contributed by atoms with Gasteiger partial charge in [-0.25, -0.2) is 9.78 Å². The summed E-state index contributed by atoms with van der Waals surface area (Å²) in [4.78, 5) is 30.8. The van der Waals surface area contributed by atoms with Gasteiger partial charge in [-0.15, -0.1) is 0 Å². The summed E-state index contributed by atoms with van der Waals surface area (Å²) in [5.41, 5.74) is -0.542. The minimum absolute atomic E-state index is 0.000396. The number of imidazole rings is 1. The molecule has 2 heterocycles. The number of carbonyl (C=O) groups excluding carboxylic acids is 1. The maximum Gasteiger partial charge on any atom is 0.449 e. The van der Waals surface area contributed by atoms with Crippen molar-refractivity contribution in [3.63, 3.8) is 0 Å². The second-order valence-electron chi connectivity index (χ2n) is 10.4. The first-order valence-electron chi connectivity index (χ1n) is 11.7. The van der Waals surface area contributed by atoms with Crippen LogP contribution in [0.25, 0.3) is 11.0 Å². The third-order valence-electron chi connectivity index (χ3n) is 6.25. The number of aromatic nitrogens is 2. The Kier molecular flexibility index (Phi) is 6.35. The topological polar surface area (TPSA) is 93.7 Å². The lowest BCUT2D eigenvalue weighted by Crippen LogP contribution is -2.43. The molecule has 1 aromatic carbocycles. The molecule has 0 N–H and O–H groups in total. The fraction of sp³-hybridized carbons (Fsp3) is 0.652. The average molecular weight is 498 g/mol. The van der Waals surface area contributed by atoms with Crippen LogP contribution >= 0.6 is 0 Å². The van der Waals surface area contributed by atoms with E-state index in [4.69, 9.17) is 4.74 Å². The Morgan fingerprint density at radius 3 is 2.51 bits per heavy atom. The Balaban J connectivity index is 1.68. The molecule has 1 aliphatic carbocycles. The molecule has 0 bridgehead atoms. The molecular weight excluding hydrogens is 467 g/mol. The normalized spacial score (nSPS) is 19.2. The van der Waals surface area contributed by atoms with Gasteiger partial charge >= 0.3 is 12.3 Å². The Labute approximate surface area is 201 Å². The Morgan fingerprint density at radius 1 is 1.26 bits per heavy atom. The summed E-state index contributed by atoms with van der Waals surface area (Å²) in [5, 5.41) is 11.9. The van der Waals surface area contributed by atoms with Gasteiger partial charge in [0.25, 0.3) is 5.69 Å². The standard InChI is InChI=1S/C23H30F3N5O4/c1-22(2,3)35-21(32)28(4)12-14-6-5-11-29(13-14)19-17(31(33)34)10-9-16-18(19)27-20(23(24,25)26)30(16)15-7-8-15/h9-10,14-15H,5-8,11-13H2,1-4H3/t14-/m0/s1. The third kappa shape index (κ3) is 5.30. The second kappa shape index (κ2) is 8.87. The van der Waals surface area contributed by atoms with Crippen LogP contribution in [0.5, 0.6) is 0 Å². The van der Waals surface area contributed by atoms with E-state index in [2.05, 4.69) is 4.98 Å². The Morgan fingerprint density at radius 2 is 1.94 bits per heavy atom. The smallest absolute Gasteiger partial charge is 0.444 e. The predicted molar refractivity (Wildman–Crippen MR) is 123 cm³/mol. The van der Waals surface area contributed by atoms with Gasteiger partial charge in [0.2, 0.25) is 5.82 Å². The number of alkyl halides is 3. The maximum atomic E-state index is 13.8. The van der Waals surface area contributed by atoms with Crippen LogP contribution in [0.2, 0.25) is 0 Å². The highest BCUT2D eigenvalue weighted by molar-refractivity contribution is 5.95. The third-order valence-corrected chi connectivity index (χ3v) is 6.25. The van der Waals surface area contributed by atoms with Crippen molar-refractivity contribution in [1.29, 1.82) is 0 Å². The van der Waals surface area contributed by atoms with E-state index < -0.39 is 28.6 Å². The van der Waals surface area contributed by atoms with E-state index in [1.165, 1.54) is 21.6 Å². The lowest BCUT2D eigenvalue weighted by molar-refractivity contribution is -0.384. The van der Waals surface area contributed by atoms with Crippen molar-refractivity contribution in [2.75, 3.05) is 31.6 Å². The first kappa shape index (κ1) is 25.1. The molecular formula is C23H30F3N5O4. The number of carbonyl (C=O) groups is 1. The summed E-state index contributed by atoms with van der Waals surface area (Å²) >= 11 is 0. The molecule has 0 radical (unpaired) electrons. The number of anilines is 1. The lowest BCUT2D eigenvalue weighted by Gasteiger charge is -2.36. The van der Waals surface area contributed by atoms with Crippen molar-refractivity contribution in [1.82, 2.24) is 14.5 Å². The molecule has 1 amide bonds. The molecule has 1 saturated heterocycles. The molecule has 192 valence electrons. The minimum atomic E-state index is -4.67. The summed E-state index contributed by atoms with van der Waals surface area (Å²) < 4.78 is 48.1. The number of amides is 1. The molecule has 1 saturated carbocycles. The summed E-state index contributed by atoms with van der Waals surface area (Å²) in [6.45, 7) is 6.49. The van der Waals surface area contributed by atoms with Gasteiger partial charge in [-0.05, 0) is 58.4 Å². The van der Waals surface area contributed by atoms with Gasteiger partial charge in [-0.3, -0.25) is 10.1 Å². The van der Waals surface area contributed by atoms with E-state index in [1.807, 2.05) is 0 Å². The van der Waals surface area contributed by atoms with Gasteiger partial charge < -0.3 is 19.1 Å². The number of ether oxygens (including phenoxy) is 1. The number of hydrogen-bond acceptors (Lipinski definition) is 6. The van der Waals surface area contributed by atoms with Crippen LogP contribution < -0.4 is 4.90 Å². The van der Waals surface area contributed by atoms with Crippen molar-refractivity contribution in [2.45, 2.75) is 64.3 Å². The molecule has 0 unspecified atom stereocenters. The van der Waals surface area contributed by atoms with E-state index >= 15 is 0 Å². The van der Waals surface area contributed by atoms with Gasteiger partial charge in [-0.1, -0.05) is 0 Å². The number of halogens is 3. The van der Waals surface area contributed by atoms with Crippen LogP contribution in [0.1, 0.15) is 58.3 Å². The Hall–Kier alpha value is -3.05. The lowest BCUT2D eigenvalue weighted by atomic mass is 9.96. The van der Waals surface area contributed by atoms with Gasteiger partial charge in [0.15, 0.2) is 0 Å². The predicted octanol–water partition coefficient (Wildman–Crippen LogP) is 5.38. The van der Waals surface area contributed by atoms with Crippen LogP contribution in [-0.2, 0) is 10.9 Å². The number of rotatable bonds is 5. The van der Waals surface area contributed by atoms with Gasteiger partial charge in [0.05, 0.1) is 10.4 Å². The summed E-state index contributed by atoms with van der Waals surface area (Å²) in [5.74, 6) is -1.06. The van der Waals surface area contributed by atoms with E-state index in [1.54, 1.807) is 32.7 Å². The van der Waals surface area contributed by atoms with E-state index in [0.717, 1.165) is 6.42 Å². The van der Waals surface area contributed by atoms with Gasteiger partial charge in [0, 0.05) is 38.8 Å². The molecule has 1 aromatic heterocycles. The van der Waals surface area contributed by atoms with Crippen molar-refractivity contribution >= 4 is 28.5 Å². The monoisotopic (exact) mass is 497 g/mol. The highest BCUT2D eigenvalue weighted by atomic mass is 19.4. The fourth-order valence-electron chi connectivity index (χ4n) is 4.72. The summed E-state index contributed by atoms with van der Waals surface area (Å²) in [6.07, 6.45) is -2.46. The fourth-order valence-corrected chi connectivity index (χ4v) is 4.72. The number of hydrogen-bond donors (Lipinski definition) is 0. The minimum Gasteiger partial charge on any atom is -0.444 e. The molecule has 35 heavy (non-hydrogen) atoms. The second-order valence-corrected chi connectivity index (χ2v) is 10.4. The molecule has 0 spiro atoms. The SMILES string of the molecule is CN(C[C@@H]1CCCN(c2c([N+](=O)[O-])ccc3c2nc(C(F)(F)F)n3C2CC2)C1)C(=O)OC(C)(C)C. The van der Waals surface area contributed by atoms with Crippen LogP contribution in [0, 0.1) is 16.0 Å². The number of fused-ring (bicyclic) bond motifs is 1.